The number of likely N-dealkylation sites (tertiary alicyclic amines) is 1. The quantitative estimate of drug-likeness (QED) is 0.350. The monoisotopic (exact) mass is 515 g/mol. The number of guanidine groups is 1. The van der Waals surface area contributed by atoms with Crippen molar-refractivity contribution in [2.45, 2.75) is 25.4 Å². The lowest BCUT2D eigenvalue weighted by atomic mass is 9.88. The highest BCUT2D eigenvalue weighted by Gasteiger charge is 2.31. The van der Waals surface area contributed by atoms with Crippen LogP contribution in [0.15, 0.2) is 40.8 Å². The van der Waals surface area contributed by atoms with Crippen LogP contribution in [0.25, 0.3) is 0 Å². The van der Waals surface area contributed by atoms with Gasteiger partial charge in [-0.05, 0) is 49.4 Å². The zero-order chi connectivity index (χ0) is 19.1. The lowest BCUT2D eigenvalue weighted by molar-refractivity contribution is 0.125. The molecule has 1 saturated heterocycles. The van der Waals surface area contributed by atoms with E-state index in [0.29, 0.717) is 24.4 Å². The molecule has 28 heavy (non-hydrogen) atoms. The van der Waals surface area contributed by atoms with Crippen molar-refractivity contribution in [2.24, 2.45) is 10.9 Å². The number of rotatable bonds is 6. The van der Waals surface area contributed by atoms with E-state index in [1.54, 1.807) is 7.11 Å². The zero-order valence-corrected chi connectivity index (χ0v) is 19.9. The first-order valence-corrected chi connectivity index (χ1v) is 10.3. The van der Waals surface area contributed by atoms with E-state index in [4.69, 9.17) is 4.74 Å². The average molecular weight is 515 g/mol. The van der Waals surface area contributed by atoms with Gasteiger partial charge in [-0.25, -0.2) is 4.98 Å². The van der Waals surface area contributed by atoms with Gasteiger partial charge in [-0.15, -0.1) is 35.3 Å². The number of nitrogens with zero attached hydrogens (tertiary/aromatic N) is 3. The van der Waals surface area contributed by atoms with E-state index in [1.165, 1.54) is 17.7 Å². The van der Waals surface area contributed by atoms with Crippen molar-refractivity contribution in [1.82, 2.24) is 20.5 Å². The van der Waals surface area contributed by atoms with Gasteiger partial charge in [0.05, 0.1) is 7.11 Å². The second-order valence-electron chi connectivity index (χ2n) is 6.86. The summed E-state index contributed by atoms with van der Waals surface area (Å²) >= 11 is 1.85. The van der Waals surface area contributed by atoms with Crippen LogP contribution >= 0.6 is 35.3 Å². The third-order valence-corrected chi connectivity index (χ3v) is 6.01. The summed E-state index contributed by atoms with van der Waals surface area (Å²) < 4.78 is 5.10. The molecule has 3 heterocycles. The maximum Gasteiger partial charge on any atom is 0.212 e. The van der Waals surface area contributed by atoms with Crippen molar-refractivity contribution in [3.8, 4) is 5.88 Å². The number of hydrogen-bond donors (Lipinski definition) is 2. The summed E-state index contributed by atoms with van der Waals surface area (Å²) in [4.78, 5) is 12.5. The number of piperidine rings is 1. The van der Waals surface area contributed by atoms with Gasteiger partial charge in [-0.3, -0.25) is 9.89 Å². The summed E-state index contributed by atoms with van der Waals surface area (Å²) in [5.41, 5.74) is 1.09. The second kappa shape index (κ2) is 11.6. The van der Waals surface area contributed by atoms with Gasteiger partial charge in [0.15, 0.2) is 5.96 Å². The number of aromatic nitrogens is 1. The van der Waals surface area contributed by atoms with E-state index < -0.39 is 0 Å². The van der Waals surface area contributed by atoms with Gasteiger partial charge in [0.1, 0.15) is 0 Å². The molecule has 0 radical (unpaired) electrons. The topological polar surface area (TPSA) is 61.8 Å². The van der Waals surface area contributed by atoms with E-state index in [9.17, 15) is 0 Å². The van der Waals surface area contributed by atoms with Gasteiger partial charge < -0.3 is 15.4 Å². The summed E-state index contributed by atoms with van der Waals surface area (Å²) in [5.74, 6) is 2.02. The summed E-state index contributed by atoms with van der Waals surface area (Å²) in [6, 6.07) is 8.77. The highest BCUT2D eigenvalue weighted by atomic mass is 127. The normalized spacial score (nSPS) is 20.3. The minimum absolute atomic E-state index is 0. The molecule has 1 aliphatic heterocycles. The molecule has 0 amide bonds. The average Bonchev–Trinajstić information content (AvgIpc) is 3.23. The van der Waals surface area contributed by atoms with Crippen molar-refractivity contribution in [3.05, 3.63) is 46.3 Å². The van der Waals surface area contributed by atoms with Gasteiger partial charge in [0, 0.05) is 43.3 Å². The predicted molar refractivity (Wildman–Crippen MR) is 127 cm³/mol. The molecule has 6 nitrogen and oxygen atoms in total. The third-order valence-electron chi connectivity index (χ3n) is 5.06. The molecule has 2 aromatic rings. The highest BCUT2D eigenvalue weighted by Crippen LogP contribution is 2.36. The number of aliphatic imine (C=N–C) groups is 1. The molecule has 0 spiro atoms. The molecule has 154 valence electrons. The number of hydrogen-bond acceptors (Lipinski definition) is 5. The molecule has 0 aliphatic carbocycles. The van der Waals surface area contributed by atoms with Crippen LogP contribution in [0.3, 0.4) is 0 Å². The zero-order valence-electron chi connectivity index (χ0n) is 16.7. The van der Waals surface area contributed by atoms with Crippen LogP contribution in [0.2, 0.25) is 0 Å². The summed E-state index contributed by atoms with van der Waals surface area (Å²) in [5, 5.41) is 9.06. The summed E-state index contributed by atoms with van der Waals surface area (Å²) in [6.45, 7) is 2.75. The summed E-state index contributed by atoms with van der Waals surface area (Å²) in [6.07, 6.45) is 4.30. The van der Waals surface area contributed by atoms with Crippen molar-refractivity contribution in [2.75, 3.05) is 34.3 Å². The molecule has 2 atom stereocenters. The molecule has 2 N–H and O–H groups in total. The molecule has 8 heteroatoms. The van der Waals surface area contributed by atoms with Crippen molar-refractivity contribution < 1.29 is 4.74 Å². The summed E-state index contributed by atoms with van der Waals surface area (Å²) in [7, 11) is 5.67. The first-order valence-electron chi connectivity index (χ1n) is 9.38. The van der Waals surface area contributed by atoms with Crippen LogP contribution in [-0.2, 0) is 6.54 Å². The number of methoxy groups -OCH3 is 1. The Hall–Kier alpha value is -1.39. The van der Waals surface area contributed by atoms with E-state index >= 15 is 0 Å². The maximum absolute atomic E-state index is 5.10. The lowest BCUT2D eigenvalue weighted by Crippen LogP contribution is -2.44. The smallest absolute Gasteiger partial charge is 0.212 e. The number of ether oxygens (including phenoxy) is 1. The third kappa shape index (κ3) is 6.05. The first-order chi connectivity index (χ1) is 13.2. The minimum atomic E-state index is 0. The predicted octanol–water partition coefficient (Wildman–Crippen LogP) is 3.52. The number of pyridine rings is 1. The molecule has 3 rings (SSSR count). The van der Waals surface area contributed by atoms with Crippen molar-refractivity contribution in [1.29, 1.82) is 0 Å². The van der Waals surface area contributed by atoms with Crippen LogP contribution in [0.5, 0.6) is 5.88 Å². The Bertz CT molecular complexity index is 723. The van der Waals surface area contributed by atoms with Gasteiger partial charge in [-0.1, -0.05) is 12.1 Å². The van der Waals surface area contributed by atoms with Crippen LogP contribution in [0.1, 0.15) is 29.3 Å². The molecule has 1 fully saturated rings. The Labute approximate surface area is 188 Å². The fourth-order valence-electron chi connectivity index (χ4n) is 3.65. The molecule has 0 saturated carbocycles. The van der Waals surface area contributed by atoms with E-state index in [-0.39, 0.29) is 24.0 Å². The Kier molecular flexibility index (Phi) is 9.46. The van der Waals surface area contributed by atoms with Crippen molar-refractivity contribution >= 4 is 41.3 Å². The fourth-order valence-corrected chi connectivity index (χ4v) is 4.64. The molecular weight excluding hydrogens is 485 g/mol. The van der Waals surface area contributed by atoms with Crippen molar-refractivity contribution in [3.63, 3.8) is 0 Å². The van der Waals surface area contributed by atoms with Gasteiger partial charge in [0.25, 0.3) is 0 Å². The van der Waals surface area contributed by atoms with Crippen LogP contribution in [-0.4, -0.2) is 50.1 Å². The second-order valence-corrected chi connectivity index (χ2v) is 7.84. The maximum atomic E-state index is 5.10. The largest absolute Gasteiger partial charge is 0.481 e. The molecule has 2 unspecified atom stereocenters. The molecule has 0 bridgehead atoms. The van der Waals surface area contributed by atoms with Gasteiger partial charge in [-0.2, -0.15) is 0 Å². The minimum Gasteiger partial charge on any atom is -0.481 e. The molecule has 0 aromatic carbocycles. The van der Waals surface area contributed by atoms with Gasteiger partial charge >= 0.3 is 0 Å². The van der Waals surface area contributed by atoms with Crippen LogP contribution in [0.4, 0.5) is 0 Å². The SMILES string of the molecule is CN=C(NCc1ccc(OC)nc1)NCC1CCCN(C)C1c1cccs1.I. The fraction of sp³-hybridized carbons (Fsp3) is 0.500. The van der Waals surface area contributed by atoms with Crippen LogP contribution in [0, 0.1) is 5.92 Å². The first kappa shape index (κ1) is 22.9. The van der Waals surface area contributed by atoms with E-state index in [1.807, 2.05) is 36.7 Å². The Morgan fingerprint density at radius 2 is 2.21 bits per heavy atom. The highest BCUT2D eigenvalue weighted by molar-refractivity contribution is 14.0. The number of thiophene rings is 1. The molecular formula is C20H30IN5OS. The lowest BCUT2D eigenvalue weighted by Gasteiger charge is -2.39. The van der Waals surface area contributed by atoms with E-state index in [2.05, 4.69) is 50.1 Å². The Morgan fingerprint density at radius 1 is 1.36 bits per heavy atom. The molecule has 1 aliphatic rings. The van der Waals surface area contributed by atoms with E-state index in [0.717, 1.165) is 24.6 Å². The number of halogens is 1. The molecule has 2 aromatic heterocycles. The standard InChI is InChI=1S/C20H29N5OS.HI/c1-21-20(23-13-15-8-9-18(26-3)22-12-15)24-14-16-6-4-10-25(2)19(16)17-7-5-11-27-17;/h5,7-9,11-12,16,19H,4,6,10,13-14H2,1-3H3,(H2,21,23,24);1H. The van der Waals surface area contributed by atoms with Gasteiger partial charge in [0.2, 0.25) is 5.88 Å². The van der Waals surface area contributed by atoms with Crippen LogP contribution < -0.4 is 15.4 Å². The Balaban J connectivity index is 0.00000280. The number of nitrogens with one attached hydrogen (secondary N) is 2. The Morgan fingerprint density at radius 3 is 2.86 bits per heavy atom.